The summed E-state index contributed by atoms with van der Waals surface area (Å²) in [6.45, 7) is 6.83. The van der Waals surface area contributed by atoms with Crippen LogP contribution in [-0.2, 0) is 4.74 Å². The largest absolute Gasteiger partial charge is 0.388 e. The van der Waals surface area contributed by atoms with Gasteiger partial charge in [-0.1, -0.05) is 6.92 Å². The average molecular weight is 308 g/mol. The maximum absolute atomic E-state index is 11.8. The van der Waals surface area contributed by atoms with E-state index in [1.54, 1.807) is 13.1 Å². The molecule has 2 heterocycles. The molecule has 22 heavy (non-hydrogen) atoms. The van der Waals surface area contributed by atoms with Gasteiger partial charge in [0, 0.05) is 19.6 Å². The number of morpholine rings is 1. The molecule has 0 aliphatic carbocycles. The maximum Gasteiger partial charge on any atom is 0.319 e. The van der Waals surface area contributed by atoms with Gasteiger partial charge in [-0.3, -0.25) is 0 Å². The Balaban J connectivity index is 1.84. The van der Waals surface area contributed by atoms with Gasteiger partial charge in [0.15, 0.2) is 0 Å². The van der Waals surface area contributed by atoms with Crippen LogP contribution in [0.3, 0.4) is 0 Å². The van der Waals surface area contributed by atoms with Gasteiger partial charge in [-0.05, 0) is 25.5 Å². The number of nitrogens with one attached hydrogen (secondary N) is 2. The van der Waals surface area contributed by atoms with E-state index in [2.05, 4.69) is 20.5 Å². The van der Waals surface area contributed by atoms with Crippen LogP contribution in [0.25, 0.3) is 0 Å². The summed E-state index contributed by atoms with van der Waals surface area (Å²) in [6.07, 6.45) is 2.20. The smallest absolute Gasteiger partial charge is 0.319 e. The SMILES string of the molecule is CC[C@](C)(O)CNC(=O)Nc1ccc(N2CCOCC2)nc1. The van der Waals surface area contributed by atoms with Gasteiger partial charge in [-0.25, -0.2) is 9.78 Å². The van der Waals surface area contributed by atoms with Gasteiger partial charge >= 0.3 is 6.03 Å². The second-order valence-corrected chi connectivity index (χ2v) is 5.66. The fourth-order valence-electron chi connectivity index (χ4n) is 2.01. The third-order valence-corrected chi connectivity index (χ3v) is 3.73. The number of urea groups is 1. The summed E-state index contributed by atoms with van der Waals surface area (Å²) < 4.78 is 5.31. The molecule has 2 rings (SSSR count). The highest BCUT2D eigenvalue weighted by molar-refractivity contribution is 5.89. The molecule has 0 bridgehead atoms. The number of ether oxygens (including phenoxy) is 1. The van der Waals surface area contributed by atoms with Gasteiger partial charge in [0.05, 0.1) is 30.7 Å². The van der Waals surface area contributed by atoms with Crippen LogP contribution in [0, 0.1) is 0 Å². The number of aromatic nitrogens is 1. The first-order chi connectivity index (χ1) is 10.5. The van der Waals surface area contributed by atoms with Crippen molar-refractivity contribution in [1.82, 2.24) is 10.3 Å². The molecule has 2 amide bonds. The molecule has 0 unspecified atom stereocenters. The zero-order valence-electron chi connectivity index (χ0n) is 13.1. The number of carbonyl (C=O) groups excluding carboxylic acids is 1. The van der Waals surface area contributed by atoms with E-state index in [-0.39, 0.29) is 12.6 Å². The summed E-state index contributed by atoms with van der Waals surface area (Å²) in [6, 6.07) is 3.34. The Morgan fingerprint density at radius 3 is 2.77 bits per heavy atom. The lowest BCUT2D eigenvalue weighted by Crippen LogP contribution is -2.41. The predicted octanol–water partition coefficient (Wildman–Crippen LogP) is 1.20. The first-order valence-electron chi connectivity index (χ1n) is 7.56. The van der Waals surface area contributed by atoms with Crippen LogP contribution in [0.5, 0.6) is 0 Å². The lowest BCUT2D eigenvalue weighted by atomic mass is 10.0. The normalized spacial score (nSPS) is 17.7. The molecule has 3 N–H and O–H groups in total. The third-order valence-electron chi connectivity index (χ3n) is 3.73. The Kier molecular flexibility index (Phi) is 5.57. The Hall–Kier alpha value is -1.86. The van der Waals surface area contributed by atoms with E-state index in [1.807, 2.05) is 19.1 Å². The predicted molar refractivity (Wildman–Crippen MR) is 85.2 cm³/mol. The van der Waals surface area contributed by atoms with Crippen molar-refractivity contribution in [3.8, 4) is 0 Å². The van der Waals surface area contributed by atoms with E-state index < -0.39 is 5.60 Å². The number of anilines is 2. The van der Waals surface area contributed by atoms with Gasteiger partial charge in [0.1, 0.15) is 5.82 Å². The summed E-state index contributed by atoms with van der Waals surface area (Å²) in [5.74, 6) is 0.878. The minimum absolute atomic E-state index is 0.203. The van der Waals surface area contributed by atoms with E-state index in [0.29, 0.717) is 25.3 Å². The first-order valence-corrected chi connectivity index (χ1v) is 7.56. The van der Waals surface area contributed by atoms with Crippen LogP contribution in [0.4, 0.5) is 16.3 Å². The number of nitrogens with zero attached hydrogens (tertiary/aromatic N) is 2. The minimum atomic E-state index is -0.893. The number of hydrogen-bond acceptors (Lipinski definition) is 5. The zero-order chi connectivity index (χ0) is 16.0. The van der Waals surface area contributed by atoms with Crippen LogP contribution in [0.15, 0.2) is 18.3 Å². The molecule has 0 spiro atoms. The topological polar surface area (TPSA) is 86.7 Å². The van der Waals surface area contributed by atoms with Crippen molar-refractivity contribution in [2.75, 3.05) is 43.1 Å². The Morgan fingerprint density at radius 2 is 2.18 bits per heavy atom. The van der Waals surface area contributed by atoms with E-state index in [9.17, 15) is 9.90 Å². The average Bonchev–Trinajstić information content (AvgIpc) is 2.55. The molecule has 7 nitrogen and oxygen atoms in total. The van der Waals surface area contributed by atoms with Crippen LogP contribution < -0.4 is 15.5 Å². The zero-order valence-corrected chi connectivity index (χ0v) is 13.1. The van der Waals surface area contributed by atoms with Gasteiger partial charge in [-0.15, -0.1) is 0 Å². The van der Waals surface area contributed by atoms with Crippen LogP contribution in [-0.4, -0.2) is 54.6 Å². The van der Waals surface area contributed by atoms with Crippen molar-refractivity contribution < 1.29 is 14.6 Å². The lowest BCUT2D eigenvalue weighted by Gasteiger charge is -2.27. The van der Waals surface area contributed by atoms with Crippen molar-refractivity contribution in [2.24, 2.45) is 0 Å². The molecule has 1 aliphatic rings. The molecule has 1 saturated heterocycles. The van der Waals surface area contributed by atoms with E-state index >= 15 is 0 Å². The van der Waals surface area contributed by atoms with Crippen molar-refractivity contribution in [3.05, 3.63) is 18.3 Å². The standard InChI is InChI=1S/C15H24N4O3/c1-3-15(2,21)11-17-14(20)18-12-4-5-13(16-10-12)19-6-8-22-9-7-19/h4-5,10,21H,3,6-9,11H2,1-2H3,(H2,17,18,20)/t15-/m0/s1. The summed E-state index contributed by atoms with van der Waals surface area (Å²) in [5.41, 5.74) is -0.277. The van der Waals surface area contributed by atoms with Gasteiger partial charge in [0.25, 0.3) is 0 Å². The highest BCUT2D eigenvalue weighted by Gasteiger charge is 2.18. The minimum Gasteiger partial charge on any atom is -0.388 e. The maximum atomic E-state index is 11.8. The number of pyridine rings is 1. The third kappa shape index (κ3) is 4.85. The van der Waals surface area contributed by atoms with Gasteiger partial charge in [-0.2, -0.15) is 0 Å². The Morgan fingerprint density at radius 1 is 1.45 bits per heavy atom. The number of carbonyl (C=O) groups is 1. The molecule has 1 aromatic rings. The fraction of sp³-hybridized carbons (Fsp3) is 0.600. The summed E-state index contributed by atoms with van der Waals surface area (Å²) >= 11 is 0. The monoisotopic (exact) mass is 308 g/mol. The molecular formula is C15H24N4O3. The Labute approximate surface area is 130 Å². The molecule has 7 heteroatoms. The molecule has 0 radical (unpaired) electrons. The molecule has 1 fully saturated rings. The molecule has 0 saturated carbocycles. The van der Waals surface area contributed by atoms with Crippen LogP contribution in [0.2, 0.25) is 0 Å². The quantitative estimate of drug-likeness (QED) is 0.761. The van der Waals surface area contributed by atoms with Gasteiger partial charge < -0.3 is 25.4 Å². The van der Waals surface area contributed by atoms with Crippen molar-refractivity contribution in [3.63, 3.8) is 0 Å². The van der Waals surface area contributed by atoms with Crippen molar-refractivity contribution >= 4 is 17.5 Å². The number of rotatable bonds is 5. The second-order valence-electron chi connectivity index (χ2n) is 5.66. The Bertz CT molecular complexity index is 484. The van der Waals surface area contributed by atoms with Crippen molar-refractivity contribution in [2.45, 2.75) is 25.9 Å². The summed E-state index contributed by atoms with van der Waals surface area (Å²) in [7, 11) is 0. The number of aliphatic hydroxyl groups is 1. The number of hydrogen-bond donors (Lipinski definition) is 3. The van der Waals surface area contributed by atoms with Gasteiger partial charge in [0.2, 0.25) is 0 Å². The summed E-state index contributed by atoms with van der Waals surface area (Å²) in [4.78, 5) is 18.3. The number of amides is 2. The highest BCUT2D eigenvalue weighted by Crippen LogP contribution is 2.15. The lowest BCUT2D eigenvalue weighted by molar-refractivity contribution is 0.0587. The first kappa shape index (κ1) is 16.5. The molecule has 0 aromatic carbocycles. The fourth-order valence-corrected chi connectivity index (χ4v) is 2.01. The molecular weight excluding hydrogens is 284 g/mol. The van der Waals surface area contributed by atoms with Crippen molar-refractivity contribution in [1.29, 1.82) is 0 Å². The van der Waals surface area contributed by atoms with E-state index in [4.69, 9.17) is 4.74 Å². The molecule has 1 aliphatic heterocycles. The second kappa shape index (κ2) is 7.42. The summed E-state index contributed by atoms with van der Waals surface area (Å²) in [5, 5.41) is 15.2. The van der Waals surface area contributed by atoms with E-state index in [1.165, 1.54) is 0 Å². The molecule has 1 atom stereocenters. The molecule has 1 aromatic heterocycles. The van der Waals surface area contributed by atoms with E-state index in [0.717, 1.165) is 18.9 Å². The van der Waals surface area contributed by atoms with Crippen LogP contribution in [0.1, 0.15) is 20.3 Å². The van der Waals surface area contributed by atoms with Crippen LogP contribution >= 0.6 is 0 Å². The molecule has 122 valence electrons. The highest BCUT2D eigenvalue weighted by atomic mass is 16.5.